The maximum absolute atomic E-state index is 13.3. The van der Waals surface area contributed by atoms with Gasteiger partial charge in [0.15, 0.2) is 11.5 Å². The van der Waals surface area contributed by atoms with Crippen molar-refractivity contribution < 1.29 is 23.9 Å². The minimum atomic E-state index is -0.883. The molecule has 3 aromatic rings. The summed E-state index contributed by atoms with van der Waals surface area (Å²) in [5.74, 6) is 1.12. The number of carbonyl (C=O) groups is 3. The van der Waals surface area contributed by atoms with Gasteiger partial charge in [0.25, 0.3) is 5.91 Å². The van der Waals surface area contributed by atoms with Crippen LogP contribution in [0.25, 0.3) is 0 Å². The predicted molar refractivity (Wildman–Crippen MR) is 131 cm³/mol. The molecule has 0 spiro atoms. The van der Waals surface area contributed by atoms with Crippen LogP contribution in [0.5, 0.6) is 17.2 Å². The van der Waals surface area contributed by atoms with Gasteiger partial charge < -0.3 is 19.7 Å². The molecule has 0 saturated carbocycles. The maximum atomic E-state index is 13.3. The van der Waals surface area contributed by atoms with Crippen molar-refractivity contribution in [3.05, 3.63) is 78.4 Å². The molecule has 178 valence electrons. The first-order valence-corrected chi connectivity index (χ1v) is 11.4. The Balaban J connectivity index is 1.30. The zero-order valence-corrected chi connectivity index (χ0v) is 19.5. The van der Waals surface area contributed by atoms with Crippen molar-refractivity contribution in [1.82, 2.24) is 4.90 Å². The Hall–Kier alpha value is -4.33. The van der Waals surface area contributed by atoms with Crippen LogP contribution in [0.4, 0.5) is 11.4 Å². The zero-order chi connectivity index (χ0) is 24.6. The van der Waals surface area contributed by atoms with Crippen LogP contribution in [-0.2, 0) is 9.59 Å². The van der Waals surface area contributed by atoms with Crippen molar-refractivity contribution in [3.8, 4) is 17.2 Å². The molecule has 0 aliphatic carbocycles. The van der Waals surface area contributed by atoms with E-state index in [1.165, 1.54) is 4.90 Å². The summed E-state index contributed by atoms with van der Waals surface area (Å²) in [6, 6.07) is 21.3. The zero-order valence-electron chi connectivity index (χ0n) is 19.5. The summed E-state index contributed by atoms with van der Waals surface area (Å²) in [6.45, 7) is 1.66. The van der Waals surface area contributed by atoms with E-state index in [-0.39, 0.29) is 24.3 Å². The number of anilines is 2. The summed E-state index contributed by atoms with van der Waals surface area (Å²) >= 11 is 0. The Morgan fingerprint density at radius 3 is 2.40 bits per heavy atom. The minimum absolute atomic E-state index is 0.0523. The average molecular weight is 472 g/mol. The molecule has 1 unspecified atom stereocenters. The molecule has 8 nitrogen and oxygen atoms in total. The fraction of sp³-hybridized carbons (Fsp3) is 0.222. The summed E-state index contributed by atoms with van der Waals surface area (Å²) in [6.07, 6.45) is 0.790. The van der Waals surface area contributed by atoms with Crippen LogP contribution in [-0.4, -0.2) is 41.9 Å². The van der Waals surface area contributed by atoms with E-state index in [2.05, 4.69) is 5.32 Å². The molecule has 0 radical (unpaired) electrons. The lowest BCUT2D eigenvalue weighted by Gasteiger charge is -2.48. The van der Waals surface area contributed by atoms with Gasteiger partial charge in [-0.25, -0.2) is 0 Å². The summed E-state index contributed by atoms with van der Waals surface area (Å²) in [5.41, 5.74) is 0.708. The van der Waals surface area contributed by atoms with Gasteiger partial charge in [0.1, 0.15) is 18.0 Å². The van der Waals surface area contributed by atoms with Crippen molar-refractivity contribution >= 4 is 29.1 Å². The number of amides is 3. The number of ether oxygens (including phenoxy) is 2. The monoisotopic (exact) mass is 471 g/mol. The Morgan fingerprint density at radius 2 is 1.66 bits per heavy atom. The van der Waals surface area contributed by atoms with Gasteiger partial charge in [-0.15, -0.1) is 0 Å². The van der Waals surface area contributed by atoms with Crippen LogP contribution in [0.3, 0.4) is 0 Å². The smallest absolute Gasteiger partial charge is 0.258 e. The van der Waals surface area contributed by atoms with Crippen LogP contribution in [0.1, 0.15) is 30.1 Å². The number of hydrogen-bond donors (Lipinski definition) is 1. The molecule has 0 aromatic heterocycles. The van der Waals surface area contributed by atoms with E-state index in [9.17, 15) is 14.4 Å². The standard InChI is InChI=1S/C27H25N3O5/c1-27-16-15-25(32)30(27)21-8-4-3-7-20(21)26(33)29(27)17-24(31)28-18-11-13-19(14-12-18)35-23-10-6-5-9-22(23)34-2/h3-14H,15-17H2,1-2H3,(H,28,31). The lowest BCUT2D eigenvalue weighted by molar-refractivity contribution is -0.120. The maximum Gasteiger partial charge on any atom is 0.258 e. The molecule has 3 amide bonds. The van der Waals surface area contributed by atoms with E-state index in [0.29, 0.717) is 47.0 Å². The van der Waals surface area contributed by atoms with Gasteiger partial charge in [0.05, 0.1) is 18.4 Å². The molecule has 3 aromatic carbocycles. The van der Waals surface area contributed by atoms with Crippen LogP contribution >= 0.6 is 0 Å². The number of nitrogens with zero attached hydrogens (tertiary/aromatic N) is 2. The van der Waals surface area contributed by atoms with Gasteiger partial charge in [0, 0.05) is 12.1 Å². The number of fused-ring (bicyclic) bond motifs is 3. The molecule has 2 aliphatic rings. The summed E-state index contributed by atoms with van der Waals surface area (Å²) in [7, 11) is 1.58. The largest absolute Gasteiger partial charge is 0.493 e. The third-order valence-corrected chi connectivity index (χ3v) is 6.48. The van der Waals surface area contributed by atoms with E-state index in [0.717, 1.165) is 0 Å². The predicted octanol–water partition coefficient (Wildman–Crippen LogP) is 4.43. The number of methoxy groups -OCH3 is 1. The van der Waals surface area contributed by atoms with Crippen LogP contribution in [0.15, 0.2) is 72.8 Å². The number of nitrogens with one attached hydrogen (secondary N) is 1. The molecule has 35 heavy (non-hydrogen) atoms. The van der Waals surface area contributed by atoms with Gasteiger partial charge in [-0.05, 0) is 61.9 Å². The highest BCUT2D eigenvalue weighted by molar-refractivity contribution is 6.11. The Morgan fingerprint density at radius 1 is 0.971 bits per heavy atom. The van der Waals surface area contributed by atoms with Gasteiger partial charge in [-0.2, -0.15) is 0 Å². The van der Waals surface area contributed by atoms with Crippen molar-refractivity contribution in [1.29, 1.82) is 0 Å². The summed E-state index contributed by atoms with van der Waals surface area (Å²) < 4.78 is 11.2. The highest BCUT2D eigenvalue weighted by Crippen LogP contribution is 2.43. The highest BCUT2D eigenvalue weighted by Gasteiger charge is 2.53. The second-order valence-corrected chi connectivity index (χ2v) is 8.68. The second-order valence-electron chi connectivity index (χ2n) is 8.68. The minimum Gasteiger partial charge on any atom is -0.493 e. The van der Waals surface area contributed by atoms with Crippen molar-refractivity contribution in [3.63, 3.8) is 0 Å². The molecular formula is C27H25N3O5. The van der Waals surface area contributed by atoms with E-state index in [1.807, 2.05) is 31.2 Å². The van der Waals surface area contributed by atoms with E-state index < -0.39 is 5.66 Å². The number of carbonyl (C=O) groups excluding carboxylic acids is 3. The number of rotatable bonds is 6. The van der Waals surface area contributed by atoms with E-state index in [4.69, 9.17) is 9.47 Å². The first-order chi connectivity index (χ1) is 16.9. The molecule has 2 heterocycles. The molecule has 0 bridgehead atoms. The average Bonchev–Trinajstić information content (AvgIpc) is 3.18. The van der Waals surface area contributed by atoms with Gasteiger partial charge in [-0.3, -0.25) is 19.3 Å². The van der Waals surface area contributed by atoms with Crippen LogP contribution in [0, 0.1) is 0 Å². The molecule has 1 atom stereocenters. The highest BCUT2D eigenvalue weighted by atomic mass is 16.5. The van der Waals surface area contributed by atoms with Crippen LogP contribution in [0.2, 0.25) is 0 Å². The van der Waals surface area contributed by atoms with Crippen molar-refractivity contribution in [2.45, 2.75) is 25.4 Å². The van der Waals surface area contributed by atoms with Crippen LogP contribution < -0.4 is 19.7 Å². The first-order valence-electron chi connectivity index (χ1n) is 11.4. The van der Waals surface area contributed by atoms with Gasteiger partial charge in [0.2, 0.25) is 11.8 Å². The molecule has 5 rings (SSSR count). The second kappa shape index (κ2) is 8.79. The van der Waals surface area contributed by atoms with Crippen molar-refractivity contribution in [2.24, 2.45) is 0 Å². The lowest BCUT2D eigenvalue weighted by Crippen LogP contribution is -2.63. The number of para-hydroxylation sites is 3. The molecular weight excluding hydrogens is 446 g/mol. The summed E-state index contributed by atoms with van der Waals surface area (Å²) in [4.78, 5) is 42.1. The van der Waals surface area contributed by atoms with Gasteiger partial charge >= 0.3 is 0 Å². The first kappa shape index (κ1) is 22.5. The quantitative estimate of drug-likeness (QED) is 0.575. The Kier molecular flexibility index (Phi) is 5.64. The van der Waals surface area contributed by atoms with Crippen molar-refractivity contribution in [2.75, 3.05) is 23.9 Å². The van der Waals surface area contributed by atoms with E-state index in [1.54, 1.807) is 60.5 Å². The van der Waals surface area contributed by atoms with Gasteiger partial charge in [-0.1, -0.05) is 24.3 Å². The molecule has 8 heteroatoms. The topological polar surface area (TPSA) is 88.2 Å². The SMILES string of the molecule is COc1ccccc1Oc1ccc(NC(=O)CN2C(=O)c3ccccc3N3C(=O)CCC23C)cc1. The third kappa shape index (κ3) is 3.97. The summed E-state index contributed by atoms with van der Waals surface area (Å²) in [5, 5.41) is 2.84. The fourth-order valence-electron chi connectivity index (χ4n) is 4.72. The molecule has 2 aliphatic heterocycles. The third-order valence-electron chi connectivity index (χ3n) is 6.48. The number of benzene rings is 3. The molecule has 1 saturated heterocycles. The Labute approximate surface area is 203 Å². The Bertz CT molecular complexity index is 1310. The van der Waals surface area contributed by atoms with E-state index >= 15 is 0 Å². The molecule has 1 fully saturated rings. The number of hydrogen-bond acceptors (Lipinski definition) is 5. The lowest BCUT2D eigenvalue weighted by atomic mass is 9.98. The fourth-order valence-corrected chi connectivity index (χ4v) is 4.72. The normalized spacial score (nSPS) is 18.7. The molecule has 1 N–H and O–H groups in total.